The number of anilines is 1. The van der Waals surface area contributed by atoms with Crippen LogP contribution in [0.15, 0.2) is 24.3 Å². The lowest BCUT2D eigenvalue weighted by Gasteiger charge is -2.04. The standard InChI is InChI=1S/C10H15N2/c1-4-11-9-7-5-6-8-10(9)12(2)3/h5-8,11H,2,4H2,1,3H3/q+1. The normalized spacial score (nSPS) is 9.50. The first kappa shape index (κ1) is 8.78. The maximum Gasteiger partial charge on any atom is 0.227 e. The van der Waals surface area contributed by atoms with Crippen LogP contribution < -0.4 is 5.32 Å². The van der Waals surface area contributed by atoms with Crippen molar-refractivity contribution in [1.29, 1.82) is 0 Å². The molecule has 1 N–H and O–H groups in total. The van der Waals surface area contributed by atoms with Crippen molar-refractivity contribution in [1.82, 2.24) is 0 Å². The molecule has 0 fully saturated rings. The highest BCUT2D eigenvalue weighted by molar-refractivity contribution is 5.61. The average molecular weight is 163 g/mol. The van der Waals surface area contributed by atoms with E-state index in [9.17, 15) is 0 Å². The Kier molecular flexibility index (Phi) is 2.86. The summed E-state index contributed by atoms with van der Waals surface area (Å²) in [5, 5.41) is 3.28. The summed E-state index contributed by atoms with van der Waals surface area (Å²) in [6, 6.07) is 8.13. The van der Waals surface area contributed by atoms with Crippen LogP contribution in [0.4, 0.5) is 11.4 Å². The van der Waals surface area contributed by atoms with Crippen LogP contribution in [-0.2, 0) is 0 Å². The van der Waals surface area contributed by atoms with E-state index in [1.165, 1.54) is 0 Å². The molecule has 12 heavy (non-hydrogen) atoms. The Labute approximate surface area is 73.5 Å². The average Bonchev–Trinajstić information content (AvgIpc) is 2.05. The van der Waals surface area contributed by atoms with E-state index in [-0.39, 0.29) is 0 Å². The number of para-hydroxylation sites is 2. The second kappa shape index (κ2) is 3.90. The Hall–Kier alpha value is -1.31. The summed E-state index contributed by atoms with van der Waals surface area (Å²) in [7, 11) is 1.94. The molecule has 0 atom stereocenters. The Morgan fingerprint density at radius 1 is 1.42 bits per heavy atom. The number of benzene rings is 1. The Morgan fingerprint density at radius 3 is 2.67 bits per heavy atom. The number of nitrogens with zero attached hydrogens (tertiary/aromatic N) is 1. The van der Waals surface area contributed by atoms with Gasteiger partial charge in [-0.05, 0) is 13.0 Å². The molecule has 0 bridgehead atoms. The molecule has 0 spiro atoms. The fourth-order valence-electron chi connectivity index (χ4n) is 1.15. The van der Waals surface area contributed by atoms with Gasteiger partial charge in [-0.2, -0.15) is 0 Å². The van der Waals surface area contributed by atoms with Gasteiger partial charge in [0.25, 0.3) is 0 Å². The quantitative estimate of drug-likeness (QED) is 0.532. The Balaban J connectivity index is 3.00. The topological polar surface area (TPSA) is 15.0 Å². The largest absolute Gasteiger partial charge is 0.380 e. The molecule has 0 aliphatic rings. The van der Waals surface area contributed by atoms with Gasteiger partial charge in [0.1, 0.15) is 19.5 Å². The molecule has 0 amide bonds. The van der Waals surface area contributed by atoms with E-state index in [1.807, 2.05) is 29.8 Å². The minimum atomic E-state index is 0.935. The third-order valence-electron chi connectivity index (χ3n) is 1.68. The van der Waals surface area contributed by atoms with E-state index < -0.39 is 0 Å². The lowest BCUT2D eigenvalue weighted by atomic mass is 10.2. The molecule has 0 aliphatic carbocycles. The highest BCUT2D eigenvalue weighted by Gasteiger charge is 2.05. The van der Waals surface area contributed by atoms with Gasteiger partial charge in [-0.3, -0.25) is 0 Å². The molecule has 0 unspecified atom stereocenters. The third-order valence-corrected chi connectivity index (χ3v) is 1.68. The van der Waals surface area contributed by atoms with Crippen LogP contribution in [0, 0.1) is 0 Å². The molecule has 64 valence electrons. The Bertz CT molecular complexity index is 279. The zero-order chi connectivity index (χ0) is 8.97. The molecular formula is C10H15N2+. The van der Waals surface area contributed by atoms with Gasteiger partial charge in [0.05, 0.1) is 0 Å². The van der Waals surface area contributed by atoms with Crippen molar-refractivity contribution in [3.05, 3.63) is 24.3 Å². The summed E-state index contributed by atoms with van der Waals surface area (Å²) in [5.41, 5.74) is 2.26. The van der Waals surface area contributed by atoms with Gasteiger partial charge in [0.15, 0.2) is 0 Å². The summed E-state index contributed by atoms with van der Waals surface area (Å²) >= 11 is 0. The van der Waals surface area contributed by atoms with Crippen LogP contribution in [0.1, 0.15) is 6.92 Å². The summed E-state index contributed by atoms with van der Waals surface area (Å²) in [6.45, 7) is 6.86. The van der Waals surface area contributed by atoms with Crippen LogP contribution in [-0.4, -0.2) is 24.9 Å². The molecule has 1 aromatic carbocycles. The van der Waals surface area contributed by atoms with E-state index >= 15 is 0 Å². The maximum atomic E-state index is 3.84. The second-order valence-corrected chi connectivity index (χ2v) is 2.75. The van der Waals surface area contributed by atoms with E-state index in [0.717, 1.165) is 17.9 Å². The van der Waals surface area contributed by atoms with Crippen LogP contribution >= 0.6 is 0 Å². The fraction of sp³-hybridized carbons (Fsp3) is 0.300. The minimum absolute atomic E-state index is 0.935. The zero-order valence-electron chi connectivity index (χ0n) is 7.67. The van der Waals surface area contributed by atoms with Gasteiger partial charge in [-0.25, -0.2) is 4.58 Å². The summed E-state index contributed by atoms with van der Waals surface area (Å²) < 4.78 is 1.86. The lowest BCUT2D eigenvalue weighted by molar-refractivity contribution is -0.393. The lowest BCUT2D eigenvalue weighted by Crippen LogP contribution is -2.01. The van der Waals surface area contributed by atoms with Crippen molar-refractivity contribution in [3.63, 3.8) is 0 Å². The zero-order valence-corrected chi connectivity index (χ0v) is 7.67. The van der Waals surface area contributed by atoms with Gasteiger partial charge in [-0.1, -0.05) is 12.1 Å². The Morgan fingerprint density at radius 2 is 2.08 bits per heavy atom. The van der Waals surface area contributed by atoms with E-state index in [1.54, 1.807) is 0 Å². The first-order valence-corrected chi connectivity index (χ1v) is 4.13. The fourth-order valence-corrected chi connectivity index (χ4v) is 1.15. The smallest absolute Gasteiger partial charge is 0.227 e. The highest BCUT2D eigenvalue weighted by Crippen LogP contribution is 2.21. The van der Waals surface area contributed by atoms with Crippen LogP contribution in [0.25, 0.3) is 0 Å². The first-order chi connectivity index (χ1) is 5.75. The summed E-state index contributed by atoms with van der Waals surface area (Å²) in [5.74, 6) is 0. The number of nitrogens with one attached hydrogen (secondary N) is 1. The second-order valence-electron chi connectivity index (χ2n) is 2.75. The maximum absolute atomic E-state index is 3.84. The summed E-state index contributed by atoms with van der Waals surface area (Å²) in [6.07, 6.45) is 0. The molecule has 0 saturated heterocycles. The molecule has 0 aliphatic heterocycles. The third kappa shape index (κ3) is 1.84. The predicted octanol–water partition coefficient (Wildman–Crippen LogP) is 2.09. The van der Waals surface area contributed by atoms with Gasteiger partial charge < -0.3 is 5.32 Å². The van der Waals surface area contributed by atoms with E-state index in [2.05, 4.69) is 25.0 Å². The van der Waals surface area contributed by atoms with E-state index in [4.69, 9.17) is 0 Å². The molecule has 1 aromatic rings. The number of hydrogen-bond acceptors (Lipinski definition) is 1. The molecule has 0 heterocycles. The van der Waals surface area contributed by atoms with Gasteiger partial charge in [0.2, 0.25) is 5.69 Å². The van der Waals surface area contributed by atoms with Gasteiger partial charge in [0, 0.05) is 12.6 Å². The molecule has 2 heteroatoms. The van der Waals surface area contributed by atoms with Crippen molar-refractivity contribution in [2.75, 3.05) is 18.9 Å². The molecule has 1 rings (SSSR count). The van der Waals surface area contributed by atoms with Gasteiger partial charge in [-0.15, -0.1) is 0 Å². The van der Waals surface area contributed by atoms with Gasteiger partial charge >= 0.3 is 0 Å². The monoisotopic (exact) mass is 163 g/mol. The van der Waals surface area contributed by atoms with Crippen LogP contribution in [0.3, 0.4) is 0 Å². The SMILES string of the molecule is C=[N+](C)c1ccccc1NCC. The number of hydrogen-bond donors (Lipinski definition) is 1. The molecule has 0 aromatic heterocycles. The first-order valence-electron chi connectivity index (χ1n) is 4.13. The minimum Gasteiger partial charge on any atom is -0.380 e. The molecule has 0 radical (unpaired) electrons. The van der Waals surface area contributed by atoms with Crippen molar-refractivity contribution in [2.24, 2.45) is 0 Å². The molecular weight excluding hydrogens is 148 g/mol. The van der Waals surface area contributed by atoms with Crippen molar-refractivity contribution < 1.29 is 4.58 Å². The molecule has 2 nitrogen and oxygen atoms in total. The number of rotatable bonds is 3. The van der Waals surface area contributed by atoms with Crippen molar-refractivity contribution in [2.45, 2.75) is 6.92 Å². The van der Waals surface area contributed by atoms with Crippen molar-refractivity contribution >= 4 is 18.1 Å². The van der Waals surface area contributed by atoms with Crippen molar-refractivity contribution in [3.8, 4) is 0 Å². The highest BCUT2D eigenvalue weighted by atomic mass is 15.0. The molecule has 0 saturated carbocycles. The van der Waals surface area contributed by atoms with Crippen LogP contribution in [0.5, 0.6) is 0 Å². The predicted molar refractivity (Wildman–Crippen MR) is 53.6 cm³/mol. The summed E-state index contributed by atoms with van der Waals surface area (Å²) in [4.78, 5) is 0. The van der Waals surface area contributed by atoms with Crippen LogP contribution in [0.2, 0.25) is 0 Å². The van der Waals surface area contributed by atoms with E-state index in [0.29, 0.717) is 0 Å².